The van der Waals surface area contributed by atoms with E-state index in [0.29, 0.717) is 5.39 Å². The number of rotatable bonds is 4. The number of piperidine rings is 1. The van der Waals surface area contributed by atoms with Gasteiger partial charge in [-0.2, -0.15) is 0 Å². The fourth-order valence-electron chi connectivity index (χ4n) is 3.71. The highest BCUT2D eigenvalue weighted by atomic mass is 35.5. The molecule has 1 aliphatic heterocycles. The number of halogens is 1. The molecule has 1 fully saturated rings. The van der Waals surface area contributed by atoms with Crippen LogP contribution in [-0.2, 0) is 6.54 Å². The lowest BCUT2D eigenvalue weighted by Crippen LogP contribution is -2.40. The largest absolute Gasteiger partial charge is 0.489 e. The zero-order valence-corrected chi connectivity index (χ0v) is 16.1. The van der Waals surface area contributed by atoms with Gasteiger partial charge < -0.3 is 9.72 Å². The molecule has 0 aliphatic carbocycles. The van der Waals surface area contributed by atoms with Gasteiger partial charge in [0.05, 0.1) is 0 Å². The maximum atomic E-state index is 11.8. The SMILES string of the molecule is Cc1ccc(CN2CCCC(Oc3ccc4c(=O)[nH]ccc4c3)C2)c(Cl)c1. The van der Waals surface area contributed by atoms with E-state index in [2.05, 4.69) is 28.9 Å². The summed E-state index contributed by atoms with van der Waals surface area (Å²) in [7, 11) is 0. The summed E-state index contributed by atoms with van der Waals surface area (Å²) in [5.41, 5.74) is 2.27. The number of fused-ring (bicyclic) bond motifs is 1. The van der Waals surface area contributed by atoms with Crippen molar-refractivity contribution in [2.45, 2.75) is 32.4 Å². The van der Waals surface area contributed by atoms with Crippen molar-refractivity contribution in [1.29, 1.82) is 0 Å². The number of aromatic nitrogens is 1. The third kappa shape index (κ3) is 4.18. The van der Waals surface area contributed by atoms with Gasteiger partial charge in [0, 0.05) is 29.7 Å². The van der Waals surface area contributed by atoms with Gasteiger partial charge in [0.2, 0.25) is 0 Å². The second kappa shape index (κ2) is 7.75. The van der Waals surface area contributed by atoms with E-state index in [9.17, 15) is 4.79 Å². The fourth-order valence-corrected chi connectivity index (χ4v) is 4.01. The quantitative estimate of drug-likeness (QED) is 0.720. The van der Waals surface area contributed by atoms with E-state index >= 15 is 0 Å². The molecule has 4 rings (SSSR count). The number of aryl methyl sites for hydroxylation is 1. The summed E-state index contributed by atoms with van der Waals surface area (Å²) in [6.07, 6.45) is 3.94. The first kappa shape index (κ1) is 18.1. The first-order chi connectivity index (χ1) is 13.1. The molecular formula is C22H23ClN2O2. The highest BCUT2D eigenvalue weighted by Crippen LogP contribution is 2.24. The van der Waals surface area contributed by atoms with Crippen molar-refractivity contribution in [3.8, 4) is 5.75 Å². The Morgan fingerprint density at radius 2 is 2.11 bits per heavy atom. The van der Waals surface area contributed by atoms with Crippen LogP contribution >= 0.6 is 11.6 Å². The predicted molar refractivity (Wildman–Crippen MR) is 110 cm³/mol. The fraction of sp³-hybridized carbons (Fsp3) is 0.318. The Bertz CT molecular complexity index is 1010. The molecule has 0 radical (unpaired) electrons. The molecule has 0 spiro atoms. The van der Waals surface area contributed by atoms with Crippen LogP contribution in [0.5, 0.6) is 5.75 Å². The molecule has 1 atom stereocenters. The Labute approximate surface area is 163 Å². The van der Waals surface area contributed by atoms with Crippen molar-refractivity contribution in [2.75, 3.05) is 13.1 Å². The van der Waals surface area contributed by atoms with Crippen molar-refractivity contribution >= 4 is 22.4 Å². The van der Waals surface area contributed by atoms with Gasteiger partial charge in [-0.1, -0.05) is 23.7 Å². The predicted octanol–water partition coefficient (Wildman–Crippen LogP) is 4.53. The number of nitrogens with zero attached hydrogens (tertiary/aromatic N) is 1. The molecule has 1 unspecified atom stereocenters. The molecule has 1 aliphatic rings. The van der Waals surface area contributed by atoms with Gasteiger partial charge in [0.25, 0.3) is 5.56 Å². The lowest BCUT2D eigenvalue weighted by molar-refractivity contribution is 0.0844. The van der Waals surface area contributed by atoms with E-state index < -0.39 is 0 Å². The van der Waals surface area contributed by atoms with E-state index in [1.165, 1.54) is 5.56 Å². The molecule has 140 valence electrons. The van der Waals surface area contributed by atoms with Crippen LogP contribution in [0.25, 0.3) is 10.8 Å². The Hall–Kier alpha value is -2.30. The molecule has 0 saturated carbocycles. The van der Waals surface area contributed by atoms with Crippen LogP contribution in [0.15, 0.2) is 53.5 Å². The van der Waals surface area contributed by atoms with Crippen LogP contribution in [0, 0.1) is 6.92 Å². The minimum Gasteiger partial charge on any atom is -0.489 e. The van der Waals surface area contributed by atoms with Gasteiger partial charge in [0.15, 0.2) is 0 Å². The summed E-state index contributed by atoms with van der Waals surface area (Å²) in [5.74, 6) is 0.813. The van der Waals surface area contributed by atoms with E-state index in [4.69, 9.17) is 16.3 Å². The second-order valence-electron chi connectivity index (χ2n) is 7.27. The first-order valence-corrected chi connectivity index (χ1v) is 9.72. The van der Waals surface area contributed by atoms with Gasteiger partial charge in [-0.05, 0) is 73.2 Å². The molecule has 2 heterocycles. The lowest BCUT2D eigenvalue weighted by atomic mass is 10.1. The number of aromatic amines is 1. The molecule has 0 bridgehead atoms. The number of benzene rings is 2. The van der Waals surface area contributed by atoms with Gasteiger partial charge >= 0.3 is 0 Å². The summed E-state index contributed by atoms with van der Waals surface area (Å²) < 4.78 is 6.23. The van der Waals surface area contributed by atoms with Crippen LogP contribution in [0.2, 0.25) is 5.02 Å². The first-order valence-electron chi connectivity index (χ1n) is 9.34. The van der Waals surface area contributed by atoms with Crippen LogP contribution < -0.4 is 10.3 Å². The third-order valence-corrected chi connectivity index (χ3v) is 5.46. The maximum absolute atomic E-state index is 11.8. The average molecular weight is 383 g/mol. The monoisotopic (exact) mass is 382 g/mol. The molecule has 1 saturated heterocycles. The summed E-state index contributed by atoms with van der Waals surface area (Å²) in [6, 6.07) is 13.8. The van der Waals surface area contributed by atoms with Crippen LogP contribution in [-0.4, -0.2) is 29.1 Å². The van der Waals surface area contributed by atoms with Gasteiger partial charge in [0.1, 0.15) is 11.9 Å². The van der Waals surface area contributed by atoms with Crippen molar-refractivity contribution < 1.29 is 4.74 Å². The minimum absolute atomic E-state index is 0.0714. The molecule has 2 aromatic carbocycles. The molecule has 27 heavy (non-hydrogen) atoms. The minimum atomic E-state index is -0.0714. The third-order valence-electron chi connectivity index (χ3n) is 5.11. The number of hydrogen-bond acceptors (Lipinski definition) is 3. The number of hydrogen-bond donors (Lipinski definition) is 1. The average Bonchev–Trinajstić information content (AvgIpc) is 2.65. The number of likely N-dealkylation sites (tertiary alicyclic amines) is 1. The number of H-pyrrole nitrogens is 1. The smallest absolute Gasteiger partial charge is 0.255 e. The molecule has 1 N–H and O–H groups in total. The Morgan fingerprint density at radius 1 is 1.22 bits per heavy atom. The van der Waals surface area contributed by atoms with Crippen LogP contribution in [0.1, 0.15) is 24.0 Å². The van der Waals surface area contributed by atoms with Crippen molar-refractivity contribution in [2.24, 2.45) is 0 Å². The van der Waals surface area contributed by atoms with E-state index in [1.807, 2.05) is 30.3 Å². The highest BCUT2D eigenvalue weighted by Gasteiger charge is 2.22. The Balaban J connectivity index is 1.44. The van der Waals surface area contributed by atoms with E-state index in [1.54, 1.807) is 6.20 Å². The topological polar surface area (TPSA) is 45.3 Å². The molecule has 3 aromatic rings. The standard InChI is InChI=1S/C22H23ClN2O2/c1-15-4-5-17(21(23)11-15)13-25-10-2-3-19(14-25)27-18-6-7-20-16(12-18)8-9-24-22(20)26/h4-9,11-12,19H,2-3,10,13-14H2,1H3,(H,24,26). The normalized spacial score (nSPS) is 17.9. The Morgan fingerprint density at radius 3 is 2.96 bits per heavy atom. The molecule has 0 amide bonds. The van der Waals surface area contributed by atoms with E-state index in [0.717, 1.165) is 54.2 Å². The number of pyridine rings is 1. The van der Waals surface area contributed by atoms with Crippen molar-refractivity contribution in [1.82, 2.24) is 9.88 Å². The second-order valence-corrected chi connectivity index (χ2v) is 7.68. The molecular weight excluding hydrogens is 360 g/mol. The zero-order chi connectivity index (χ0) is 18.8. The van der Waals surface area contributed by atoms with Gasteiger partial charge in [-0.15, -0.1) is 0 Å². The number of ether oxygens (including phenoxy) is 1. The van der Waals surface area contributed by atoms with Crippen LogP contribution in [0.4, 0.5) is 0 Å². The molecule has 1 aromatic heterocycles. The summed E-state index contributed by atoms with van der Waals surface area (Å²) in [4.78, 5) is 16.9. The maximum Gasteiger partial charge on any atom is 0.255 e. The van der Waals surface area contributed by atoms with E-state index in [-0.39, 0.29) is 11.7 Å². The Kier molecular flexibility index (Phi) is 5.19. The van der Waals surface area contributed by atoms with Gasteiger partial charge in [-0.25, -0.2) is 0 Å². The zero-order valence-electron chi connectivity index (χ0n) is 15.4. The summed E-state index contributed by atoms with van der Waals surface area (Å²) in [6.45, 7) is 4.82. The lowest BCUT2D eigenvalue weighted by Gasteiger charge is -2.33. The van der Waals surface area contributed by atoms with Gasteiger partial charge in [-0.3, -0.25) is 9.69 Å². The van der Waals surface area contributed by atoms with Crippen LogP contribution in [0.3, 0.4) is 0 Å². The number of nitrogens with one attached hydrogen (secondary N) is 1. The van der Waals surface area contributed by atoms with Crippen molar-refractivity contribution in [3.05, 3.63) is 75.2 Å². The van der Waals surface area contributed by atoms with Crippen molar-refractivity contribution in [3.63, 3.8) is 0 Å². The molecule has 4 nitrogen and oxygen atoms in total. The molecule has 5 heteroatoms. The summed E-state index contributed by atoms with van der Waals surface area (Å²) in [5, 5.41) is 2.41. The highest BCUT2D eigenvalue weighted by molar-refractivity contribution is 6.31. The summed E-state index contributed by atoms with van der Waals surface area (Å²) >= 11 is 6.40.